The molecule has 2 aromatic rings. The molecule has 2 bridgehead atoms. The van der Waals surface area contributed by atoms with Crippen molar-refractivity contribution < 1.29 is 4.74 Å². The zero-order valence-corrected chi connectivity index (χ0v) is 13.7. The van der Waals surface area contributed by atoms with Crippen molar-refractivity contribution in [3.8, 4) is 17.0 Å². The smallest absolute Gasteiger partial charge is 0.137 e. The number of benzene rings is 1. The van der Waals surface area contributed by atoms with Crippen molar-refractivity contribution in [2.24, 2.45) is 7.05 Å². The van der Waals surface area contributed by atoms with Gasteiger partial charge in [0.2, 0.25) is 0 Å². The molecule has 2 aliphatic heterocycles. The Morgan fingerprint density at radius 3 is 3.00 bits per heavy atom. The summed E-state index contributed by atoms with van der Waals surface area (Å²) in [6.45, 7) is 0. The van der Waals surface area contributed by atoms with Crippen LogP contribution in [0, 0.1) is 0 Å². The van der Waals surface area contributed by atoms with E-state index in [1.807, 2.05) is 23.9 Å². The van der Waals surface area contributed by atoms with Crippen molar-refractivity contribution in [1.29, 1.82) is 0 Å². The van der Waals surface area contributed by atoms with E-state index in [0.717, 1.165) is 12.0 Å². The number of ether oxygens (including phenoxy) is 1. The Balaban J connectivity index is 1.83. The molecule has 3 heterocycles. The van der Waals surface area contributed by atoms with Gasteiger partial charge in [-0.15, -0.1) is 0 Å². The van der Waals surface area contributed by atoms with Crippen molar-refractivity contribution >= 4 is 11.6 Å². The molecule has 0 aliphatic carbocycles. The third-order valence-electron chi connectivity index (χ3n) is 4.86. The Bertz CT molecular complexity index is 725. The van der Waals surface area contributed by atoms with Crippen molar-refractivity contribution in [3.63, 3.8) is 0 Å². The van der Waals surface area contributed by atoms with E-state index in [0.29, 0.717) is 22.9 Å². The molecule has 1 saturated heterocycles. The SMILES string of the molecule is COc1ccc(-c2c3c(nn2C)C2CCCC(C3)N2)cc1Cl. The molecule has 0 radical (unpaired) electrons. The highest BCUT2D eigenvalue weighted by Crippen LogP contribution is 2.39. The van der Waals surface area contributed by atoms with Crippen molar-refractivity contribution in [3.05, 3.63) is 34.5 Å². The van der Waals surface area contributed by atoms with E-state index in [9.17, 15) is 0 Å². The molecular formula is C17H20ClN3O. The minimum Gasteiger partial charge on any atom is -0.495 e. The number of hydrogen-bond donors (Lipinski definition) is 1. The Morgan fingerprint density at radius 2 is 2.23 bits per heavy atom. The first kappa shape index (κ1) is 14.1. The van der Waals surface area contributed by atoms with E-state index < -0.39 is 0 Å². The highest BCUT2D eigenvalue weighted by atomic mass is 35.5. The summed E-state index contributed by atoms with van der Waals surface area (Å²) in [5.74, 6) is 0.708. The fourth-order valence-electron chi connectivity index (χ4n) is 3.89. The summed E-state index contributed by atoms with van der Waals surface area (Å²) >= 11 is 6.31. The molecule has 1 aromatic heterocycles. The van der Waals surface area contributed by atoms with Crippen LogP contribution in [-0.2, 0) is 13.5 Å². The zero-order chi connectivity index (χ0) is 15.3. The summed E-state index contributed by atoms with van der Waals surface area (Å²) in [6.07, 6.45) is 4.79. The number of rotatable bonds is 2. The number of fused-ring (bicyclic) bond motifs is 4. The van der Waals surface area contributed by atoms with Gasteiger partial charge in [0.25, 0.3) is 0 Å². The Morgan fingerprint density at radius 1 is 1.36 bits per heavy atom. The molecule has 5 heteroatoms. The fourth-order valence-corrected chi connectivity index (χ4v) is 4.14. The fraction of sp³-hybridized carbons (Fsp3) is 0.471. The molecule has 2 aliphatic rings. The summed E-state index contributed by atoms with van der Waals surface area (Å²) in [4.78, 5) is 0. The predicted molar refractivity (Wildman–Crippen MR) is 87.4 cm³/mol. The highest BCUT2D eigenvalue weighted by Gasteiger charge is 2.34. The maximum Gasteiger partial charge on any atom is 0.137 e. The van der Waals surface area contributed by atoms with Crippen LogP contribution in [-0.4, -0.2) is 22.9 Å². The van der Waals surface area contributed by atoms with Crippen LogP contribution in [0.3, 0.4) is 0 Å². The second kappa shape index (κ2) is 5.28. The Kier molecular flexibility index (Phi) is 3.39. The lowest BCUT2D eigenvalue weighted by molar-refractivity contribution is 0.297. The van der Waals surface area contributed by atoms with Crippen molar-refractivity contribution in [2.45, 2.75) is 37.8 Å². The lowest BCUT2D eigenvalue weighted by atomic mass is 9.84. The average Bonchev–Trinajstić information content (AvgIpc) is 2.84. The first-order valence-corrected chi connectivity index (χ1v) is 8.21. The highest BCUT2D eigenvalue weighted by molar-refractivity contribution is 6.32. The molecule has 2 atom stereocenters. The van der Waals surface area contributed by atoms with Crippen LogP contribution >= 0.6 is 11.6 Å². The lowest BCUT2D eigenvalue weighted by Crippen LogP contribution is -2.42. The first-order chi connectivity index (χ1) is 10.7. The van der Waals surface area contributed by atoms with Gasteiger partial charge in [-0.1, -0.05) is 11.6 Å². The van der Waals surface area contributed by atoms with E-state index in [-0.39, 0.29) is 0 Å². The Hall–Kier alpha value is -1.52. The summed E-state index contributed by atoms with van der Waals surface area (Å²) in [5, 5.41) is 9.15. The molecule has 116 valence electrons. The Labute approximate surface area is 135 Å². The van der Waals surface area contributed by atoms with E-state index in [4.69, 9.17) is 21.4 Å². The van der Waals surface area contributed by atoms with Crippen LogP contribution in [0.1, 0.15) is 36.6 Å². The van der Waals surface area contributed by atoms with Gasteiger partial charge in [-0.2, -0.15) is 5.10 Å². The van der Waals surface area contributed by atoms with Gasteiger partial charge in [0, 0.05) is 24.2 Å². The molecule has 0 spiro atoms. The van der Waals surface area contributed by atoms with Gasteiger partial charge in [0.1, 0.15) is 5.75 Å². The number of nitrogens with zero attached hydrogens (tertiary/aromatic N) is 2. The largest absolute Gasteiger partial charge is 0.495 e. The molecule has 2 unspecified atom stereocenters. The minimum absolute atomic E-state index is 0.413. The van der Waals surface area contributed by atoms with Gasteiger partial charge < -0.3 is 10.1 Å². The number of methoxy groups -OCH3 is 1. The van der Waals surface area contributed by atoms with Gasteiger partial charge in [-0.3, -0.25) is 4.68 Å². The summed E-state index contributed by atoms with van der Waals surface area (Å²) in [6, 6.07) is 6.98. The number of nitrogens with one attached hydrogen (secondary N) is 1. The van der Waals surface area contributed by atoms with Crippen LogP contribution in [0.5, 0.6) is 5.75 Å². The maximum absolute atomic E-state index is 6.31. The summed E-state index contributed by atoms with van der Waals surface area (Å²) < 4.78 is 7.26. The lowest BCUT2D eigenvalue weighted by Gasteiger charge is -2.35. The third-order valence-corrected chi connectivity index (χ3v) is 5.16. The molecule has 4 nitrogen and oxygen atoms in total. The van der Waals surface area contributed by atoms with Crippen LogP contribution in [0.4, 0.5) is 0 Å². The monoisotopic (exact) mass is 317 g/mol. The van der Waals surface area contributed by atoms with Crippen LogP contribution in [0.25, 0.3) is 11.3 Å². The van der Waals surface area contributed by atoms with Gasteiger partial charge in [0.05, 0.1) is 29.6 Å². The maximum atomic E-state index is 6.31. The molecule has 0 saturated carbocycles. The number of aryl methyl sites for hydroxylation is 1. The molecule has 22 heavy (non-hydrogen) atoms. The molecule has 0 amide bonds. The number of aromatic nitrogens is 2. The normalized spacial score (nSPS) is 23.2. The number of halogens is 1. The number of hydrogen-bond acceptors (Lipinski definition) is 3. The second-order valence-corrected chi connectivity index (χ2v) is 6.64. The van der Waals surface area contributed by atoms with E-state index in [1.54, 1.807) is 7.11 Å². The zero-order valence-electron chi connectivity index (χ0n) is 12.9. The van der Waals surface area contributed by atoms with Crippen LogP contribution in [0.15, 0.2) is 18.2 Å². The summed E-state index contributed by atoms with van der Waals surface area (Å²) in [5.41, 5.74) is 4.91. The topological polar surface area (TPSA) is 39.1 Å². The standard InChI is InChI=1S/C17H20ClN3O/c1-21-17(10-6-7-15(22-2)13(18)8-10)12-9-11-4-3-5-14(19-11)16(12)20-21/h6-8,11,14,19H,3-5,9H2,1-2H3. The van der Waals surface area contributed by atoms with E-state index in [2.05, 4.69) is 11.4 Å². The number of piperidine rings is 1. The van der Waals surface area contributed by atoms with E-state index >= 15 is 0 Å². The van der Waals surface area contributed by atoms with Crippen molar-refractivity contribution in [1.82, 2.24) is 15.1 Å². The predicted octanol–water partition coefficient (Wildman–Crippen LogP) is 3.49. The summed E-state index contributed by atoms with van der Waals surface area (Å²) in [7, 11) is 3.66. The van der Waals surface area contributed by atoms with Gasteiger partial charge >= 0.3 is 0 Å². The molecule has 1 fully saturated rings. The molecule has 1 aromatic carbocycles. The molecular weight excluding hydrogens is 298 g/mol. The molecule has 4 rings (SSSR count). The molecule has 1 N–H and O–H groups in total. The minimum atomic E-state index is 0.413. The van der Waals surface area contributed by atoms with Gasteiger partial charge in [0.15, 0.2) is 0 Å². The van der Waals surface area contributed by atoms with Crippen LogP contribution in [0.2, 0.25) is 5.02 Å². The second-order valence-electron chi connectivity index (χ2n) is 6.24. The average molecular weight is 318 g/mol. The van der Waals surface area contributed by atoms with Gasteiger partial charge in [-0.05, 0) is 43.9 Å². The first-order valence-electron chi connectivity index (χ1n) is 7.83. The van der Waals surface area contributed by atoms with E-state index in [1.165, 1.54) is 36.2 Å². The third kappa shape index (κ3) is 2.13. The van der Waals surface area contributed by atoms with Crippen LogP contribution < -0.4 is 10.1 Å². The quantitative estimate of drug-likeness (QED) is 0.921. The van der Waals surface area contributed by atoms with Gasteiger partial charge in [-0.25, -0.2) is 0 Å². The van der Waals surface area contributed by atoms with Crippen molar-refractivity contribution in [2.75, 3.05) is 7.11 Å².